The Morgan fingerprint density at radius 1 is 1.35 bits per heavy atom. The van der Waals surface area contributed by atoms with Gasteiger partial charge in [-0.25, -0.2) is 4.99 Å². The zero-order valence-corrected chi connectivity index (χ0v) is 12.0. The molecule has 0 atom stereocenters. The van der Waals surface area contributed by atoms with Crippen molar-refractivity contribution >= 4 is 22.9 Å². The summed E-state index contributed by atoms with van der Waals surface area (Å²) in [6, 6.07) is 8.24. The molecule has 104 valence electrons. The Hall–Kier alpha value is -2.16. The van der Waals surface area contributed by atoms with Gasteiger partial charge >= 0.3 is 0 Å². The molecule has 1 aromatic carbocycles. The summed E-state index contributed by atoms with van der Waals surface area (Å²) >= 11 is 0. The Labute approximate surface area is 119 Å². The molecule has 0 unspecified atom stereocenters. The van der Waals surface area contributed by atoms with Crippen LogP contribution in [0.2, 0.25) is 0 Å². The van der Waals surface area contributed by atoms with E-state index in [0.717, 1.165) is 17.7 Å². The third kappa shape index (κ3) is 3.44. The van der Waals surface area contributed by atoms with Crippen LogP contribution in [0.3, 0.4) is 0 Å². The molecule has 3 heteroatoms. The van der Waals surface area contributed by atoms with Gasteiger partial charge in [0.15, 0.2) is 0 Å². The van der Waals surface area contributed by atoms with Gasteiger partial charge in [0.05, 0.1) is 11.5 Å². The fourth-order valence-electron chi connectivity index (χ4n) is 2.34. The van der Waals surface area contributed by atoms with Crippen molar-refractivity contribution < 1.29 is 4.79 Å². The molecule has 0 spiro atoms. The van der Waals surface area contributed by atoms with E-state index in [2.05, 4.69) is 17.1 Å². The molecule has 0 radical (unpaired) electrons. The summed E-state index contributed by atoms with van der Waals surface area (Å²) in [5, 5.41) is 0. The van der Waals surface area contributed by atoms with Crippen LogP contribution in [0.5, 0.6) is 0 Å². The molecule has 1 aromatic rings. The van der Waals surface area contributed by atoms with Crippen LogP contribution < -0.4 is 5.73 Å². The largest absolute Gasteiger partial charge is 0.387 e. The number of carbonyl (C=O) groups is 1. The van der Waals surface area contributed by atoms with Crippen molar-refractivity contribution in [2.24, 2.45) is 10.7 Å². The maximum Gasteiger partial charge on any atom is 0.137 e. The average Bonchev–Trinajstić information content (AvgIpc) is 2.45. The number of rotatable bonds is 3. The molecule has 0 aromatic heterocycles. The van der Waals surface area contributed by atoms with Crippen LogP contribution in [0.15, 0.2) is 41.4 Å². The maximum absolute atomic E-state index is 11.3. The standard InChI is InChI=1S/C17H20N2O/c1-3-17(19-12(2)18)15-6-4-5-14(11-15)13-7-9-16(20)10-8-13/h3-7,11H,8-10H2,1-2H3,(H2,18,19)/b17-3-. The first-order valence-corrected chi connectivity index (χ1v) is 6.88. The van der Waals surface area contributed by atoms with E-state index < -0.39 is 0 Å². The lowest BCUT2D eigenvalue weighted by Crippen LogP contribution is -2.05. The van der Waals surface area contributed by atoms with Crippen LogP contribution >= 0.6 is 0 Å². The summed E-state index contributed by atoms with van der Waals surface area (Å²) < 4.78 is 0. The quantitative estimate of drug-likeness (QED) is 0.673. The van der Waals surface area contributed by atoms with Gasteiger partial charge in [0.2, 0.25) is 0 Å². The second kappa shape index (κ2) is 6.33. The van der Waals surface area contributed by atoms with E-state index in [4.69, 9.17) is 5.73 Å². The lowest BCUT2D eigenvalue weighted by molar-refractivity contribution is -0.118. The van der Waals surface area contributed by atoms with Gasteiger partial charge in [0.1, 0.15) is 5.78 Å². The van der Waals surface area contributed by atoms with Gasteiger partial charge < -0.3 is 5.73 Å². The number of nitrogens with zero attached hydrogens (tertiary/aromatic N) is 1. The van der Waals surface area contributed by atoms with Gasteiger partial charge in [-0.1, -0.05) is 30.4 Å². The number of Topliss-reactive ketones (excluding diaryl/α,β-unsaturated/α-hetero) is 1. The molecule has 0 fully saturated rings. The minimum Gasteiger partial charge on any atom is -0.387 e. The highest BCUT2D eigenvalue weighted by Gasteiger charge is 2.12. The van der Waals surface area contributed by atoms with E-state index in [9.17, 15) is 4.79 Å². The highest BCUT2D eigenvalue weighted by molar-refractivity contribution is 5.88. The topological polar surface area (TPSA) is 55.4 Å². The average molecular weight is 268 g/mol. The van der Waals surface area contributed by atoms with Crippen LogP contribution in [-0.4, -0.2) is 11.6 Å². The summed E-state index contributed by atoms with van der Waals surface area (Å²) in [5.41, 5.74) is 10.00. The van der Waals surface area contributed by atoms with Crippen LogP contribution in [0, 0.1) is 0 Å². The zero-order valence-electron chi connectivity index (χ0n) is 12.0. The highest BCUT2D eigenvalue weighted by Crippen LogP contribution is 2.27. The second-order valence-corrected chi connectivity index (χ2v) is 4.98. The molecule has 2 rings (SSSR count). The van der Waals surface area contributed by atoms with Crippen molar-refractivity contribution in [3.05, 3.63) is 47.5 Å². The molecule has 0 bridgehead atoms. The molecule has 1 aliphatic rings. The number of ketones is 1. The number of carbonyl (C=O) groups excluding carboxylic acids is 1. The second-order valence-electron chi connectivity index (χ2n) is 4.98. The molecule has 3 nitrogen and oxygen atoms in total. The number of hydrogen-bond acceptors (Lipinski definition) is 2. The van der Waals surface area contributed by atoms with Crippen molar-refractivity contribution in [1.29, 1.82) is 0 Å². The van der Waals surface area contributed by atoms with Crippen LogP contribution in [-0.2, 0) is 4.79 Å². The van der Waals surface area contributed by atoms with Gasteiger partial charge in [-0.05, 0) is 37.5 Å². The Balaban J connectivity index is 2.33. The molecule has 0 saturated heterocycles. The van der Waals surface area contributed by atoms with E-state index in [0.29, 0.717) is 24.5 Å². The molecule has 0 saturated carbocycles. The molecule has 20 heavy (non-hydrogen) atoms. The van der Waals surface area contributed by atoms with Gasteiger partial charge in [0.25, 0.3) is 0 Å². The van der Waals surface area contributed by atoms with E-state index in [1.807, 2.05) is 31.2 Å². The lowest BCUT2D eigenvalue weighted by atomic mass is 9.92. The van der Waals surface area contributed by atoms with Gasteiger partial charge in [-0.3, -0.25) is 4.79 Å². The SMILES string of the molecule is C/C=C(\N=C(/C)N)c1cccc(C2=CCC(=O)CC2)c1. The van der Waals surface area contributed by atoms with Crippen molar-refractivity contribution in [3.63, 3.8) is 0 Å². The first kappa shape index (κ1) is 14.3. The molecule has 1 aliphatic carbocycles. The number of nitrogens with two attached hydrogens (primary N) is 1. The van der Waals surface area contributed by atoms with E-state index in [1.165, 1.54) is 11.1 Å². The summed E-state index contributed by atoms with van der Waals surface area (Å²) in [6.45, 7) is 3.73. The van der Waals surface area contributed by atoms with E-state index in [1.54, 1.807) is 6.92 Å². The number of hydrogen-bond donors (Lipinski definition) is 1. The number of benzene rings is 1. The number of amidine groups is 1. The number of aliphatic imine (C=N–C) groups is 1. The fraction of sp³-hybridized carbons (Fsp3) is 0.294. The summed E-state index contributed by atoms with van der Waals surface area (Å²) in [5.74, 6) is 0.869. The van der Waals surface area contributed by atoms with Crippen molar-refractivity contribution in [3.8, 4) is 0 Å². The third-order valence-electron chi connectivity index (χ3n) is 3.35. The summed E-state index contributed by atoms with van der Waals surface area (Å²) in [4.78, 5) is 15.6. The Morgan fingerprint density at radius 2 is 2.15 bits per heavy atom. The lowest BCUT2D eigenvalue weighted by Gasteiger charge is -2.13. The van der Waals surface area contributed by atoms with Gasteiger partial charge in [-0.15, -0.1) is 0 Å². The smallest absolute Gasteiger partial charge is 0.137 e. The molecule has 2 N–H and O–H groups in total. The summed E-state index contributed by atoms with van der Waals surface area (Å²) in [6.07, 6.45) is 6.02. The monoisotopic (exact) mass is 268 g/mol. The minimum absolute atomic E-state index is 0.322. The first-order chi connectivity index (χ1) is 9.60. The van der Waals surface area contributed by atoms with Crippen molar-refractivity contribution in [2.75, 3.05) is 0 Å². The first-order valence-electron chi connectivity index (χ1n) is 6.88. The minimum atomic E-state index is 0.322. The van der Waals surface area contributed by atoms with Crippen LogP contribution in [0.1, 0.15) is 44.2 Å². The normalized spacial score (nSPS) is 17.1. The van der Waals surface area contributed by atoms with Crippen LogP contribution in [0.4, 0.5) is 0 Å². The Kier molecular flexibility index (Phi) is 4.51. The van der Waals surface area contributed by atoms with Gasteiger partial charge in [-0.2, -0.15) is 0 Å². The molecular weight excluding hydrogens is 248 g/mol. The van der Waals surface area contributed by atoms with E-state index >= 15 is 0 Å². The molecular formula is C17H20N2O. The number of allylic oxidation sites excluding steroid dienone is 3. The Morgan fingerprint density at radius 3 is 2.75 bits per heavy atom. The molecule has 0 amide bonds. The highest BCUT2D eigenvalue weighted by atomic mass is 16.1. The zero-order chi connectivity index (χ0) is 14.5. The predicted octanol–water partition coefficient (Wildman–Crippen LogP) is 3.56. The third-order valence-corrected chi connectivity index (χ3v) is 3.35. The molecule has 0 aliphatic heterocycles. The maximum atomic E-state index is 11.3. The van der Waals surface area contributed by atoms with Crippen molar-refractivity contribution in [2.45, 2.75) is 33.1 Å². The fourth-order valence-corrected chi connectivity index (χ4v) is 2.34. The summed E-state index contributed by atoms with van der Waals surface area (Å²) in [7, 11) is 0. The van der Waals surface area contributed by atoms with E-state index in [-0.39, 0.29) is 0 Å². The van der Waals surface area contributed by atoms with Crippen molar-refractivity contribution in [1.82, 2.24) is 0 Å². The Bertz CT molecular complexity index is 605. The predicted molar refractivity (Wildman–Crippen MR) is 84.2 cm³/mol. The van der Waals surface area contributed by atoms with Crippen LogP contribution in [0.25, 0.3) is 11.3 Å². The molecule has 0 heterocycles. The van der Waals surface area contributed by atoms with Gasteiger partial charge in [0, 0.05) is 18.4 Å².